The van der Waals surface area contributed by atoms with Crippen LogP contribution in [0.25, 0.3) is 0 Å². The number of carbonyl (C=O) groups is 11. The van der Waals surface area contributed by atoms with Crippen LogP contribution >= 0.6 is 0 Å². The number of rotatable bonds is 38. The number of carbonyl (C=O) groups excluding carboxylic acids is 10. The monoisotopic (exact) mass is 1240 g/mol. The molecule has 2 aliphatic heterocycles. The van der Waals surface area contributed by atoms with Gasteiger partial charge in [0.15, 0.2) is 5.96 Å². The summed E-state index contributed by atoms with van der Waals surface area (Å²) < 4.78 is 0. The molecule has 0 radical (unpaired) electrons. The van der Waals surface area contributed by atoms with Gasteiger partial charge in [-0.05, 0) is 93.4 Å². The van der Waals surface area contributed by atoms with Crippen molar-refractivity contribution in [3.8, 4) is 0 Å². The van der Waals surface area contributed by atoms with Gasteiger partial charge in [0.05, 0.1) is 12.3 Å². The zero-order chi connectivity index (χ0) is 65.8. The second-order valence-electron chi connectivity index (χ2n) is 25.2. The van der Waals surface area contributed by atoms with Gasteiger partial charge in [0, 0.05) is 46.1 Å². The maximum atomic E-state index is 14.9. The zero-order valence-corrected chi connectivity index (χ0v) is 53.9. The predicted molar refractivity (Wildman–Crippen MR) is 335 cm³/mol. The van der Waals surface area contributed by atoms with Gasteiger partial charge in [-0.1, -0.05) is 125 Å². The SMILES string of the molecule is CCCCCCCC(=O)N1CCC[C@H](C(=O)N[C@@H](Cc2ccccc2)C(=O)N[C@H](CC(C)C)C(=O)N[C@@H](CC(C)C)C(=O)N2CCC[C@H]2C(=O)N(C)[C@@H](CC(C)C)C(=O)N[C@@H](CC(=O)O)C(=O)N[C@@H](CCCN=C(N)N)C(=O)N[C@H](C(N)=O)[C@@H](C)CC)C1. The van der Waals surface area contributed by atoms with Crippen LogP contribution in [0.1, 0.15) is 177 Å². The Morgan fingerprint density at radius 3 is 1.82 bits per heavy atom. The number of primary amides is 1. The van der Waals surface area contributed by atoms with Crippen molar-refractivity contribution in [1.29, 1.82) is 0 Å². The summed E-state index contributed by atoms with van der Waals surface area (Å²) in [5.74, 6) is -9.44. The molecule has 2 saturated heterocycles. The van der Waals surface area contributed by atoms with Crippen LogP contribution in [0.15, 0.2) is 35.3 Å². The molecule has 25 nitrogen and oxygen atoms in total. The van der Waals surface area contributed by atoms with Crippen molar-refractivity contribution >= 4 is 71.0 Å². The molecule has 10 amide bonds. The smallest absolute Gasteiger partial charge is 0.305 e. The van der Waals surface area contributed by atoms with Gasteiger partial charge in [-0.2, -0.15) is 0 Å². The molecule has 0 saturated carbocycles. The molecule has 2 aliphatic rings. The fraction of sp³-hybridized carbons (Fsp3) is 0.714. The Morgan fingerprint density at radius 1 is 0.648 bits per heavy atom. The van der Waals surface area contributed by atoms with Crippen LogP contribution in [0.2, 0.25) is 0 Å². The summed E-state index contributed by atoms with van der Waals surface area (Å²) in [7, 11) is 1.38. The summed E-state index contributed by atoms with van der Waals surface area (Å²) >= 11 is 0. The number of nitrogens with one attached hydrogen (secondary N) is 6. The van der Waals surface area contributed by atoms with Crippen molar-refractivity contribution in [2.75, 3.05) is 33.2 Å². The largest absolute Gasteiger partial charge is 0.481 e. The number of piperidine rings is 1. The molecule has 2 fully saturated rings. The number of aliphatic imine (C=N–C) groups is 1. The molecule has 494 valence electrons. The summed E-state index contributed by atoms with van der Waals surface area (Å²) in [5, 5.41) is 26.4. The highest BCUT2D eigenvalue weighted by Crippen LogP contribution is 2.25. The number of nitrogens with two attached hydrogens (primary N) is 3. The van der Waals surface area contributed by atoms with Crippen molar-refractivity contribution in [3.05, 3.63) is 35.9 Å². The zero-order valence-electron chi connectivity index (χ0n) is 53.9. The molecule has 2 heterocycles. The summed E-state index contributed by atoms with van der Waals surface area (Å²) in [6.45, 7) is 17.7. The highest BCUT2D eigenvalue weighted by atomic mass is 16.4. The molecular weight excluding hydrogens is 1130 g/mol. The molecule has 1 aromatic rings. The molecule has 0 unspecified atom stereocenters. The lowest BCUT2D eigenvalue weighted by molar-refractivity contribution is -0.149. The number of unbranched alkanes of at least 4 members (excludes halogenated alkanes) is 4. The summed E-state index contributed by atoms with van der Waals surface area (Å²) in [6.07, 6.45) is 7.33. The van der Waals surface area contributed by atoms with Crippen molar-refractivity contribution < 1.29 is 57.8 Å². The lowest BCUT2D eigenvalue weighted by Gasteiger charge is -2.35. The first kappa shape index (κ1) is 74.9. The normalized spacial score (nSPS) is 17.7. The highest BCUT2D eigenvalue weighted by Gasteiger charge is 2.43. The number of benzene rings is 1. The number of guanidine groups is 1. The van der Waals surface area contributed by atoms with E-state index < -0.39 is 114 Å². The number of likely N-dealkylation sites (tertiary alicyclic amines) is 2. The van der Waals surface area contributed by atoms with Gasteiger partial charge < -0.3 is 68.9 Å². The number of carboxylic acids is 1. The minimum Gasteiger partial charge on any atom is -0.481 e. The highest BCUT2D eigenvalue weighted by molar-refractivity contribution is 5.99. The minimum atomic E-state index is -1.76. The van der Waals surface area contributed by atoms with Crippen molar-refractivity contribution in [1.82, 2.24) is 46.6 Å². The Bertz CT molecular complexity index is 2510. The third-order valence-corrected chi connectivity index (χ3v) is 16.3. The molecule has 3 rings (SSSR count). The van der Waals surface area contributed by atoms with E-state index in [-0.39, 0.29) is 106 Å². The molecular formula is C63H105N13O12. The van der Waals surface area contributed by atoms with Gasteiger partial charge in [0.1, 0.15) is 48.3 Å². The minimum absolute atomic E-state index is 0.0137. The van der Waals surface area contributed by atoms with E-state index in [0.29, 0.717) is 38.6 Å². The van der Waals surface area contributed by atoms with Gasteiger partial charge in [0.25, 0.3) is 0 Å². The summed E-state index contributed by atoms with van der Waals surface area (Å²) in [5.41, 5.74) is 17.3. The van der Waals surface area contributed by atoms with E-state index in [4.69, 9.17) is 17.2 Å². The Balaban J connectivity index is 1.87. The van der Waals surface area contributed by atoms with Crippen molar-refractivity contribution in [2.45, 2.75) is 226 Å². The van der Waals surface area contributed by atoms with E-state index in [0.717, 1.165) is 37.7 Å². The molecule has 0 aliphatic carbocycles. The van der Waals surface area contributed by atoms with Crippen molar-refractivity contribution in [3.63, 3.8) is 0 Å². The van der Waals surface area contributed by atoms with E-state index >= 15 is 0 Å². The molecule has 0 bridgehead atoms. The molecule has 13 N–H and O–H groups in total. The molecule has 10 atom stereocenters. The Kier molecular flexibility index (Phi) is 32.5. The van der Waals surface area contributed by atoms with Gasteiger partial charge in [-0.15, -0.1) is 0 Å². The first-order valence-electron chi connectivity index (χ1n) is 31.9. The molecule has 25 heteroatoms. The fourth-order valence-electron chi connectivity index (χ4n) is 11.2. The maximum absolute atomic E-state index is 14.9. The second kappa shape index (κ2) is 38.2. The standard InChI is InChI=1S/C63H105N13O12/c1-11-13-14-15-19-28-51(77)75-30-21-25-43(37-75)55(81)69-46(35-42-23-17-16-18-24-42)58(84)70-45(32-38(3)4)57(83)72-48(33-39(5)6)61(87)76-31-22-27-49(76)62(88)74(10)50(34-40(7)8)60(86)71-47(36-52(78)79)59(85)68-44(26-20-29-67-63(65)66)56(82)73-53(54(64)80)41(9)12-2/h16-18,23-24,38-41,43-50,53H,11-15,19-22,25-37H2,1-10H3,(H2,64,80)(H,68,85)(H,69,81)(H,70,84)(H,71,86)(H,72,83)(H,73,82)(H,78,79)(H4,65,66,67)/t41-,43-,44-,45+,46-,47-,48-,49-,50-,53-/m0/s1. The van der Waals surface area contributed by atoms with E-state index in [1.54, 1.807) is 32.6 Å². The van der Waals surface area contributed by atoms with Gasteiger partial charge in [-0.25, -0.2) is 0 Å². The van der Waals surface area contributed by atoms with Crippen LogP contribution < -0.4 is 49.1 Å². The van der Waals surface area contributed by atoms with Crippen molar-refractivity contribution in [2.24, 2.45) is 51.8 Å². The third kappa shape index (κ3) is 25.4. The molecule has 0 aromatic heterocycles. The number of hydrogen-bond acceptors (Lipinski definition) is 12. The van der Waals surface area contributed by atoms with Crippen LogP contribution in [-0.4, -0.2) is 172 Å². The molecule has 1 aromatic carbocycles. The Hall–Kier alpha value is -7.34. The lowest BCUT2D eigenvalue weighted by atomic mass is 9.95. The predicted octanol–water partition coefficient (Wildman–Crippen LogP) is 2.75. The van der Waals surface area contributed by atoms with Crippen LogP contribution in [-0.2, 0) is 59.2 Å². The second-order valence-corrected chi connectivity index (χ2v) is 25.2. The number of aliphatic carboxylic acids is 1. The van der Waals surface area contributed by atoms with E-state index in [9.17, 15) is 57.8 Å². The van der Waals surface area contributed by atoms with E-state index in [1.807, 2.05) is 58.0 Å². The Labute approximate surface area is 520 Å². The number of nitrogens with zero attached hydrogens (tertiary/aromatic N) is 4. The number of amides is 10. The quantitative estimate of drug-likeness (QED) is 0.0259. The topological polar surface area (TPSA) is 380 Å². The molecule has 0 spiro atoms. The first-order valence-corrected chi connectivity index (χ1v) is 31.9. The summed E-state index contributed by atoms with van der Waals surface area (Å²) in [6, 6.07) is -0.890. The number of carboxylic acid groups (broad SMARTS) is 1. The van der Waals surface area contributed by atoms with Crippen LogP contribution in [0, 0.1) is 29.6 Å². The van der Waals surface area contributed by atoms with E-state index in [2.05, 4.69) is 43.8 Å². The average Bonchev–Trinajstić information content (AvgIpc) is 3.31. The average molecular weight is 1240 g/mol. The first-order chi connectivity index (χ1) is 41.6. The van der Waals surface area contributed by atoms with Gasteiger partial charge in [0.2, 0.25) is 59.1 Å². The van der Waals surface area contributed by atoms with Crippen LogP contribution in [0.3, 0.4) is 0 Å². The number of likely N-dealkylation sites (N-methyl/N-ethyl adjacent to an activating group) is 1. The van der Waals surface area contributed by atoms with Gasteiger partial charge >= 0.3 is 5.97 Å². The Morgan fingerprint density at radius 2 is 1.22 bits per heavy atom. The lowest BCUT2D eigenvalue weighted by Crippen LogP contribution is -2.61. The number of hydrogen-bond donors (Lipinski definition) is 10. The van der Waals surface area contributed by atoms with E-state index in [1.165, 1.54) is 16.8 Å². The fourth-order valence-corrected chi connectivity index (χ4v) is 11.2. The summed E-state index contributed by atoms with van der Waals surface area (Å²) in [4.78, 5) is 161. The maximum Gasteiger partial charge on any atom is 0.305 e. The van der Waals surface area contributed by atoms with Crippen LogP contribution in [0.4, 0.5) is 0 Å². The third-order valence-electron chi connectivity index (χ3n) is 16.3. The molecule has 88 heavy (non-hydrogen) atoms. The van der Waals surface area contributed by atoms with Crippen LogP contribution in [0.5, 0.6) is 0 Å². The van der Waals surface area contributed by atoms with Gasteiger partial charge in [-0.3, -0.25) is 57.7 Å².